The summed E-state index contributed by atoms with van der Waals surface area (Å²) in [6.45, 7) is 5.82. The van der Waals surface area contributed by atoms with Crippen LogP contribution in [0.2, 0.25) is 0 Å². The minimum atomic E-state index is -1.08. The van der Waals surface area contributed by atoms with E-state index >= 15 is 0 Å². The lowest BCUT2D eigenvalue weighted by Gasteiger charge is -2.20. The molecule has 3 aromatic rings. The van der Waals surface area contributed by atoms with Crippen LogP contribution in [0.1, 0.15) is 0 Å². The normalized spacial score (nSPS) is 12.1. The van der Waals surface area contributed by atoms with Crippen LogP contribution in [0, 0.1) is 0 Å². The van der Waals surface area contributed by atoms with Gasteiger partial charge in [0.05, 0.1) is 0 Å². The lowest BCUT2D eigenvalue weighted by molar-refractivity contribution is -0.141. The fourth-order valence-electron chi connectivity index (χ4n) is 3.43. The minimum Gasteiger partial charge on any atom is -0.490 e. The van der Waals surface area contributed by atoms with Crippen molar-refractivity contribution in [3.8, 4) is 33.8 Å². The van der Waals surface area contributed by atoms with Gasteiger partial charge in [0.1, 0.15) is 50.1 Å². The lowest BCUT2D eigenvalue weighted by Crippen LogP contribution is -2.25. The summed E-state index contributed by atoms with van der Waals surface area (Å²) in [4.78, 5) is 22.6. The topological polar surface area (TPSA) is 112 Å². The fraction of sp³-hybridized carbons (Fsp3) is 0.200. The number of esters is 2. The molecule has 0 bridgehead atoms. The van der Waals surface area contributed by atoms with Gasteiger partial charge in [0.15, 0.2) is 0 Å². The van der Waals surface area contributed by atoms with Crippen LogP contribution in [0.5, 0.6) is 11.5 Å². The van der Waals surface area contributed by atoms with E-state index in [0.29, 0.717) is 11.5 Å². The van der Waals surface area contributed by atoms with E-state index in [9.17, 15) is 19.8 Å². The van der Waals surface area contributed by atoms with Crippen molar-refractivity contribution in [2.24, 2.45) is 0 Å². The van der Waals surface area contributed by atoms with E-state index in [1.807, 2.05) is 66.7 Å². The zero-order valence-corrected chi connectivity index (χ0v) is 20.8. The van der Waals surface area contributed by atoms with Crippen molar-refractivity contribution in [2.45, 2.75) is 12.2 Å². The Morgan fingerprint density at radius 2 is 1.05 bits per heavy atom. The Morgan fingerprint density at radius 3 is 1.42 bits per heavy atom. The average molecular weight is 519 g/mol. The van der Waals surface area contributed by atoms with Gasteiger partial charge in [0, 0.05) is 29.3 Å². The molecule has 2 N–H and O–H groups in total. The Hall–Kier alpha value is -4.40. The Morgan fingerprint density at radius 1 is 0.658 bits per heavy atom. The molecular formula is C30H30O8. The first-order chi connectivity index (χ1) is 18.4. The Kier molecular flexibility index (Phi) is 10.7. The summed E-state index contributed by atoms with van der Waals surface area (Å²) in [5, 5.41) is 20.5. The molecule has 198 valence electrons. The number of aliphatic hydroxyl groups is 2. The van der Waals surface area contributed by atoms with Gasteiger partial charge in [0.25, 0.3) is 0 Å². The summed E-state index contributed by atoms with van der Waals surface area (Å²) in [7, 11) is 0. The van der Waals surface area contributed by atoms with Crippen molar-refractivity contribution < 1.29 is 38.7 Å². The quantitative estimate of drug-likeness (QED) is 0.244. The molecule has 0 saturated heterocycles. The van der Waals surface area contributed by atoms with Gasteiger partial charge in [-0.3, -0.25) is 0 Å². The number of aliphatic hydroxyl groups excluding tert-OH is 2. The number of benzene rings is 3. The molecule has 8 heteroatoms. The third-order valence-corrected chi connectivity index (χ3v) is 5.28. The highest BCUT2D eigenvalue weighted by atomic mass is 16.6. The van der Waals surface area contributed by atoms with E-state index < -0.39 is 24.1 Å². The molecule has 3 rings (SSSR count). The molecule has 0 saturated carbocycles. The maximum atomic E-state index is 11.3. The number of carbonyl (C=O) groups is 2. The SMILES string of the molecule is C=CC(=O)OCC(O)COc1cc(OCC(O)COC(=O)C=C)c(-c2ccccc2)cc1-c1ccccc1. The van der Waals surface area contributed by atoms with Crippen molar-refractivity contribution in [1.29, 1.82) is 0 Å². The molecule has 0 fully saturated rings. The zero-order chi connectivity index (χ0) is 27.3. The van der Waals surface area contributed by atoms with Gasteiger partial charge in [-0.2, -0.15) is 0 Å². The molecule has 0 radical (unpaired) electrons. The largest absolute Gasteiger partial charge is 0.490 e. The van der Waals surface area contributed by atoms with Crippen LogP contribution in [0.25, 0.3) is 22.3 Å². The number of hydrogen-bond donors (Lipinski definition) is 2. The van der Waals surface area contributed by atoms with E-state index in [2.05, 4.69) is 13.2 Å². The second kappa shape index (κ2) is 14.4. The summed E-state index contributed by atoms with van der Waals surface area (Å²) in [5.74, 6) is -0.469. The van der Waals surface area contributed by atoms with Crippen LogP contribution in [-0.4, -0.2) is 60.8 Å². The van der Waals surface area contributed by atoms with Crippen molar-refractivity contribution in [1.82, 2.24) is 0 Å². The zero-order valence-electron chi connectivity index (χ0n) is 20.8. The van der Waals surface area contributed by atoms with Crippen LogP contribution < -0.4 is 9.47 Å². The summed E-state index contributed by atoms with van der Waals surface area (Å²) in [5.41, 5.74) is 3.23. The second-order valence-electron chi connectivity index (χ2n) is 8.17. The van der Waals surface area contributed by atoms with Gasteiger partial charge in [-0.25, -0.2) is 9.59 Å². The predicted molar refractivity (Wildman–Crippen MR) is 143 cm³/mol. The molecule has 3 aromatic carbocycles. The van der Waals surface area contributed by atoms with E-state index in [0.717, 1.165) is 34.4 Å². The molecule has 0 aliphatic heterocycles. The predicted octanol–water partition coefficient (Wildman–Crippen LogP) is 3.96. The van der Waals surface area contributed by atoms with Crippen LogP contribution >= 0.6 is 0 Å². The molecule has 8 nitrogen and oxygen atoms in total. The first-order valence-corrected chi connectivity index (χ1v) is 11.9. The Balaban J connectivity index is 1.92. The van der Waals surface area contributed by atoms with Gasteiger partial charge in [-0.15, -0.1) is 0 Å². The fourth-order valence-corrected chi connectivity index (χ4v) is 3.43. The van der Waals surface area contributed by atoms with E-state index in [1.54, 1.807) is 6.07 Å². The van der Waals surface area contributed by atoms with Gasteiger partial charge in [-0.1, -0.05) is 73.8 Å². The summed E-state index contributed by atoms with van der Waals surface area (Å²) >= 11 is 0. The molecule has 0 heterocycles. The van der Waals surface area contributed by atoms with Crippen LogP contribution in [0.15, 0.2) is 98.1 Å². The van der Waals surface area contributed by atoms with Crippen molar-refractivity contribution in [2.75, 3.05) is 26.4 Å². The standard InChI is InChI=1S/C30H30O8/c1-3-29(33)37-19-23(31)17-35-27-16-28(36-18-24(32)20-38-30(34)4-2)26(22-13-9-6-10-14-22)15-25(27)21-11-7-5-8-12-21/h3-16,23-24,31-32H,1-2,17-20H2. The highest BCUT2D eigenvalue weighted by Gasteiger charge is 2.18. The Bertz CT molecular complexity index is 1130. The highest BCUT2D eigenvalue weighted by molar-refractivity contribution is 5.82. The smallest absolute Gasteiger partial charge is 0.330 e. The van der Waals surface area contributed by atoms with Crippen LogP contribution in [0.4, 0.5) is 0 Å². The Labute approximate surface area is 221 Å². The molecule has 2 atom stereocenters. The van der Waals surface area contributed by atoms with Gasteiger partial charge >= 0.3 is 11.9 Å². The van der Waals surface area contributed by atoms with E-state index in [-0.39, 0.29) is 26.4 Å². The van der Waals surface area contributed by atoms with Crippen LogP contribution in [-0.2, 0) is 19.1 Å². The van der Waals surface area contributed by atoms with Crippen LogP contribution in [0.3, 0.4) is 0 Å². The van der Waals surface area contributed by atoms with Gasteiger partial charge < -0.3 is 29.2 Å². The monoisotopic (exact) mass is 518 g/mol. The lowest BCUT2D eigenvalue weighted by atomic mass is 9.97. The summed E-state index contributed by atoms with van der Waals surface area (Å²) in [6, 6.07) is 22.7. The molecular weight excluding hydrogens is 488 g/mol. The third-order valence-electron chi connectivity index (χ3n) is 5.28. The number of rotatable bonds is 14. The first kappa shape index (κ1) is 28.2. The van der Waals surface area contributed by atoms with Crippen molar-refractivity contribution in [3.05, 3.63) is 98.1 Å². The first-order valence-electron chi connectivity index (χ1n) is 11.9. The summed E-state index contributed by atoms with van der Waals surface area (Å²) in [6.07, 6.45) is -0.136. The highest BCUT2D eigenvalue weighted by Crippen LogP contribution is 2.41. The molecule has 0 aliphatic carbocycles. The molecule has 0 amide bonds. The number of hydrogen-bond acceptors (Lipinski definition) is 8. The van der Waals surface area contributed by atoms with Gasteiger partial charge in [-0.05, 0) is 17.2 Å². The van der Waals surface area contributed by atoms with Crippen molar-refractivity contribution >= 4 is 11.9 Å². The maximum absolute atomic E-state index is 11.3. The van der Waals surface area contributed by atoms with E-state index in [4.69, 9.17) is 18.9 Å². The van der Waals surface area contributed by atoms with Gasteiger partial charge in [0.2, 0.25) is 0 Å². The minimum absolute atomic E-state index is 0.158. The second-order valence-corrected chi connectivity index (χ2v) is 8.17. The molecule has 0 aliphatic rings. The van der Waals surface area contributed by atoms with Crippen molar-refractivity contribution in [3.63, 3.8) is 0 Å². The number of carbonyl (C=O) groups excluding carboxylic acids is 2. The molecule has 0 spiro atoms. The third kappa shape index (κ3) is 8.33. The maximum Gasteiger partial charge on any atom is 0.330 e. The number of ether oxygens (including phenoxy) is 4. The summed E-state index contributed by atoms with van der Waals surface area (Å²) < 4.78 is 21.7. The average Bonchev–Trinajstić information content (AvgIpc) is 2.96. The molecule has 2 unspecified atom stereocenters. The van der Waals surface area contributed by atoms with E-state index in [1.165, 1.54) is 0 Å². The molecule has 38 heavy (non-hydrogen) atoms. The molecule has 0 aromatic heterocycles.